The molecule has 160 valence electrons. The highest BCUT2D eigenvalue weighted by Crippen LogP contribution is 2.41. The van der Waals surface area contributed by atoms with Crippen molar-refractivity contribution in [3.63, 3.8) is 0 Å². The van der Waals surface area contributed by atoms with E-state index < -0.39 is 8.07 Å². The molecule has 2 heteroatoms. The Labute approximate surface area is 177 Å². The normalized spacial score (nSPS) is 13.0. The van der Waals surface area contributed by atoms with E-state index in [9.17, 15) is 0 Å². The fourth-order valence-electron chi connectivity index (χ4n) is 4.62. The Morgan fingerprint density at radius 1 is 0.893 bits per heavy atom. The van der Waals surface area contributed by atoms with Crippen molar-refractivity contribution in [1.82, 2.24) is 0 Å². The predicted molar refractivity (Wildman–Crippen MR) is 129 cm³/mol. The van der Waals surface area contributed by atoms with Gasteiger partial charge in [0, 0.05) is 0 Å². The lowest BCUT2D eigenvalue weighted by molar-refractivity contribution is 0.414. The van der Waals surface area contributed by atoms with Crippen molar-refractivity contribution in [2.75, 3.05) is 7.11 Å². The molecule has 0 aliphatic carbocycles. The summed E-state index contributed by atoms with van der Waals surface area (Å²) in [5.41, 5.74) is 1.59. The third kappa shape index (κ3) is 7.10. The number of allylic oxidation sites excluding steroid dienone is 2. The van der Waals surface area contributed by atoms with E-state index in [0.717, 1.165) is 5.75 Å². The molecule has 0 aliphatic heterocycles. The van der Waals surface area contributed by atoms with E-state index in [0.29, 0.717) is 0 Å². The fraction of sp³-hybridized carbons (Fsp3) is 0.692. The minimum absolute atomic E-state index is 0.164. The predicted octanol–water partition coefficient (Wildman–Crippen LogP) is 8.70. The van der Waals surface area contributed by atoms with Gasteiger partial charge in [0.2, 0.25) is 0 Å². The number of benzene rings is 1. The summed E-state index contributed by atoms with van der Waals surface area (Å²) in [6, 6.07) is 13.2. The Balaban J connectivity index is 3.18. The van der Waals surface area contributed by atoms with Gasteiger partial charge in [-0.1, -0.05) is 115 Å². The molecule has 1 aromatic carbocycles. The van der Waals surface area contributed by atoms with Crippen molar-refractivity contribution in [3.8, 4) is 5.75 Å². The van der Waals surface area contributed by atoms with E-state index in [1.807, 2.05) is 5.20 Å². The first-order chi connectivity index (χ1) is 13.4. The fourth-order valence-corrected chi connectivity index (χ4v) is 10.9. The first-order valence-corrected chi connectivity index (χ1v) is 14.3. The van der Waals surface area contributed by atoms with Crippen molar-refractivity contribution in [1.29, 1.82) is 0 Å². The second kappa shape index (κ2) is 12.5. The van der Waals surface area contributed by atoms with Gasteiger partial charge in [-0.2, -0.15) is 0 Å². The molecule has 0 N–H and O–H groups in total. The molecular formula is C26H46OSi. The SMILES string of the molecule is CC=C(CC(C)(C)c1ccc(OC)cc1)[Si](CCCC)(CCCC)CCCC. The van der Waals surface area contributed by atoms with Gasteiger partial charge in [-0.05, 0) is 36.5 Å². The number of unbranched alkanes of at least 4 members (excludes halogenated alkanes) is 3. The lowest BCUT2D eigenvalue weighted by Crippen LogP contribution is -2.39. The zero-order valence-electron chi connectivity index (χ0n) is 19.9. The van der Waals surface area contributed by atoms with E-state index in [-0.39, 0.29) is 5.41 Å². The van der Waals surface area contributed by atoms with Gasteiger partial charge >= 0.3 is 0 Å². The molecule has 0 amide bonds. The minimum atomic E-state index is -1.41. The topological polar surface area (TPSA) is 9.23 Å². The maximum atomic E-state index is 5.37. The van der Waals surface area contributed by atoms with Crippen LogP contribution in [-0.4, -0.2) is 15.2 Å². The lowest BCUT2D eigenvalue weighted by Gasteiger charge is -2.39. The van der Waals surface area contributed by atoms with Crippen LogP contribution in [0.15, 0.2) is 35.5 Å². The second-order valence-electron chi connectivity index (χ2n) is 9.19. The summed E-state index contributed by atoms with van der Waals surface area (Å²) in [6.45, 7) is 14.2. The Kier molecular flexibility index (Phi) is 11.2. The van der Waals surface area contributed by atoms with Crippen LogP contribution in [0.3, 0.4) is 0 Å². The largest absolute Gasteiger partial charge is 0.497 e. The van der Waals surface area contributed by atoms with E-state index in [1.54, 1.807) is 7.11 Å². The molecule has 0 aliphatic rings. The summed E-state index contributed by atoms with van der Waals surface area (Å²) in [4.78, 5) is 0. The van der Waals surface area contributed by atoms with Crippen LogP contribution in [0, 0.1) is 0 Å². The number of hydrogen-bond donors (Lipinski definition) is 0. The van der Waals surface area contributed by atoms with E-state index in [2.05, 4.69) is 71.9 Å². The molecule has 0 spiro atoms. The van der Waals surface area contributed by atoms with E-state index in [1.165, 1.54) is 68.6 Å². The van der Waals surface area contributed by atoms with Gasteiger partial charge in [-0.15, -0.1) is 0 Å². The molecule has 0 heterocycles. The zero-order chi connectivity index (χ0) is 21.0. The lowest BCUT2D eigenvalue weighted by atomic mass is 9.81. The first kappa shape index (κ1) is 25.0. The Hall–Kier alpha value is -1.02. The average molecular weight is 403 g/mol. The summed E-state index contributed by atoms with van der Waals surface area (Å²) in [5, 5.41) is 1.84. The molecule has 1 nitrogen and oxygen atoms in total. The van der Waals surface area contributed by atoms with Crippen LogP contribution in [-0.2, 0) is 5.41 Å². The molecule has 0 aromatic heterocycles. The first-order valence-electron chi connectivity index (χ1n) is 11.7. The molecule has 0 atom stereocenters. The standard InChI is InChI=1S/C26H46OSi/c1-8-12-19-28(20-13-9-2,21-14-10-3)25(11-4)22-26(5,6)23-15-17-24(27-7)18-16-23/h11,15-18H,8-10,12-14,19-22H2,1-7H3. The third-order valence-corrected chi connectivity index (χ3v) is 12.3. The summed E-state index contributed by atoms with van der Waals surface area (Å²) in [7, 11) is 0.331. The zero-order valence-corrected chi connectivity index (χ0v) is 20.9. The molecule has 0 saturated heterocycles. The third-order valence-electron chi connectivity index (χ3n) is 6.56. The minimum Gasteiger partial charge on any atom is -0.497 e. The second-order valence-corrected chi connectivity index (χ2v) is 13.9. The van der Waals surface area contributed by atoms with Crippen LogP contribution >= 0.6 is 0 Å². The van der Waals surface area contributed by atoms with Crippen LogP contribution in [0.2, 0.25) is 18.1 Å². The van der Waals surface area contributed by atoms with Crippen molar-refractivity contribution in [2.45, 2.75) is 110 Å². The van der Waals surface area contributed by atoms with Gasteiger partial charge < -0.3 is 4.74 Å². The van der Waals surface area contributed by atoms with Gasteiger partial charge in [0.1, 0.15) is 5.75 Å². The van der Waals surface area contributed by atoms with Crippen LogP contribution in [0.25, 0.3) is 0 Å². The quantitative estimate of drug-likeness (QED) is 0.283. The van der Waals surface area contributed by atoms with Crippen LogP contribution < -0.4 is 4.74 Å². The number of methoxy groups -OCH3 is 1. The average Bonchev–Trinajstić information content (AvgIpc) is 2.72. The highest BCUT2D eigenvalue weighted by atomic mass is 28.3. The summed E-state index contributed by atoms with van der Waals surface area (Å²) >= 11 is 0. The molecule has 1 rings (SSSR count). The van der Waals surface area contributed by atoms with Gasteiger partial charge in [0.25, 0.3) is 0 Å². The maximum Gasteiger partial charge on any atom is 0.118 e. The van der Waals surface area contributed by atoms with Crippen LogP contribution in [0.5, 0.6) is 5.75 Å². The van der Waals surface area contributed by atoms with Crippen molar-refractivity contribution in [3.05, 3.63) is 41.1 Å². The summed E-state index contributed by atoms with van der Waals surface area (Å²) in [5.74, 6) is 0.948. The molecule has 1 aromatic rings. The smallest absolute Gasteiger partial charge is 0.118 e. The monoisotopic (exact) mass is 402 g/mol. The molecule has 0 unspecified atom stereocenters. The molecule has 0 radical (unpaired) electrons. The molecule has 0 saturated carbocycles. The Morgan fingerprint density at radius 2 is 1.36 bits per heavy atom. The highest BCUT2D eigenvalue weighted by molar-refractivity contribution is 6.86. The van der Waals surface area contributed by atoms with Gasteiger partial charge in [-0.25, -0.2) is 0 Å². The van der Waals surface area contributed by atoms with Gasteiger partial charge in [-0.3, -0.25) is 0 Å². The number of ether oxygens (including phenoxy) is 1. The van der Waals surface area contributed by atoms with Crippen molar-refractivity contribution in [2.24, 2.45) is 0 Å². The highest BCUT2D eigenvalue weighted by Gasteiger charge is 2.37. The maximum absolute atomic E-state index is 5.37. The summed E-state index contributed by atoms with van der Waals surface area (Å²) in [6.07, 6.45) is 11.9. The van der Waals surface area contributed by atoms with Crippen LogP contribution in [0.4, 0.5) is 0 Å². The summed E-state index contributed by atoms with van der Waals surface area (Å²) < 4.78 is 5.37. The molecule has 0 fully saturated rings. The molecule has 28 heavy (non-hydrogen) atoms. The number of hydrogen-bond acceptors (Lipinski definition) is 1. The van der Waals surface area contributed by atoms with Crippen LogP contribution in [0.1, 0.15) is 92.1 Å². The Morgan fingerprint density at radius 3 is 1.71 bits per heavy atom. The molecular weight excluding hydrogens is 356 g/mol. The number of rotatable bonds is 14. The van der Waals surface area contributed by atoms with Crippen molar-refractivity contribution < 1.29 is 4.74 Å². The van der Waals surface area contributed by atoms with E-state index >= 15 is 0 Å². The van der Waals surface area contributed by atoms with Gasteiger partial charge in [0.15, 0.2) is 0 Å². The van der Waals surface area contributed by atoms with E-state index in [4.69, 9.17) is 4.74 Å². The van der Waals surface area contributed by atoms with Crippen molar-refractivity contribution >= 4 is 8.07 Å². The molecule has 0 bridgehead atoms. The van der Waals surface area contributed by atoms with Gasteiger partial charge in [0.05, 0.1) is 15.2 Å². The Bertz CT molecular complexity index is 549.